The van der Waals surface area contributed by atoms with Gasteiger partial charge >= 0.3 is 12.1 Å². The van der Waals surface area contributed by atoms with Gasteiger partial charge in [-0.05, 0) is 19.8 Å². The summed E-state index contributed by atoms with van der Waals surface area (Å²) in [5, 5.41) is 2.87. The average Bonchev–Trinajstić information content (AvgIpc) is 2.82. The zero-order valence-corrected chi connectivity index (χ0v) is 12.0. The Labute approximate surface area is 122 Å². The van der Waals surface area contributed by atoms with Gasteiger partial charge in [0.1, 0.15) is 19.2 Å². The van der Waals surface area contributed by atoms with Gasteiger partial charge in [-0.1, -0.05) is 0 Å². The maximum Gasteiger partial charge on any atom is 0.411 e. The molecule has 0 aromatic carbocycles. The number of cyclic esters (lactones) is 1. The van der Waals surface area contributed by atoms with Crippen molar-refractivity contribution in [2.45, 2.75) is 31.8 Å². The number of carbonyl (C=O) groups is 3. The van der Waals surface area contributed by atoms with Crippen LogP contribution in [0.3, 0.4) is 0 Å². The van der Waals surface area contributed by atoms with E-state index in [9.17, 15) is 14.4 Å². The molecule has 2 fully saturated rings. The molecule has 1 N–H and O–H groups in total. The van der Waals surface area contributed by atoms with Gasteiger partial charge in [0.25, 0.3) is 0 Å². The first-order valence-corrected chi connectivity index (χ1v) is 7.09. The maximum atomic E-state index is 12.2. The van der Waals surface area contributed by atoms with Crippen molar-refractivity contribution in [2.75, 3.05) is 33.0 Å². The lowest BCUT2D eigenvalue weighted by atomic mass is 10.1. The van der Waals surface area contributed by atoms with Crippen LogP contribution in [0.4, 0.5) is 4.79 Å². The fourth-order valence-corrected chi connectivity index (χ4v) is 2.33. The van der Waals surface area contributed by atoms with Crippen LogP contribution >= 0.6 is 0 Å². The Hall–Kier alpha value is -1.83. The highest BCUT2D eigenvalue weighted by molar-refractivity contribution is 5.90. The maximum absolute atomic E-state index is 12.2. The Morgan fingerprint density at radius 3 is 2.76 bits per heavy atom. The number of esters is 1. The zero-order chi connectivity index (χ0) is 15.2. The second kappa shape index (κ2) is 7.26. The molecule has 0 aromatic heterocycles. The molecule has 0 radical (unpaired) electrons. The Morgan fingerprint density at radius 2 is 2.10 bits per heavy atom. The van der Waals surface area contributed by atoms with Crippen LogP contribution in [-0.2, 0) is 23.8 Å². The van der Waals surface area contributed by atoms with Crippen LogP contribution in [0, 0.1) is 0 Å². The molecule has 1 atom stereocenters. The molecule has 2 amide bonds. The van der Waals surface area contributed by atoms with E-state index in [-0.39, 0.29) is 31.7 Å². The lowest BCUT2D eigenvalue weighted by molar-refractivity contribution is -0.144. The van der Waals surface area contributed by atoms with Gasteiger partial charge in [-0.3, -0.25) is 14.5 Å². The van der Waals surface area contributed by atoms with E-state index < -0.39 is 18.1 Å². The molecule has 0 aliphatic carbocycles. The third-order valence-electron chi connectivity index (χ3n) is 3.45. The van der Waals surface area contributed by atoms with Crippen molar-refractivity contribution in [2.24, 2.45) is 0 Å². The lowest BCUT2D eigenvalue weighted by Gasteiger charge is -2.26. The van der Waals surface area contributed by atoms with Gasteiger partial charge < -0.3 is 19.5 Å². The quantitative estimate of drug-likeness (QED) is 0.698. The SMILES string of the molecule is CCOC(=O)CN1C(=O)OC[C@H]1C(=O)NC1CCOCC1. The molecule has 0 bridgehead atoms. The van der Waals surface area contributed by atoms with Gasteiger partial charge in [-0.2, -0.15) is 0 Å². The molecular weight excluding hydrogens is 280 g/mol. The van der Waals surface area contributed by atoms with Crippen molar-refractivity contribution in [1.82, 2.24) is 10.2 Å². The molecule has 118 valence electrons. The number of ether oxygens (including phenoxy) is 3. The number of hydrogen-bond donors (Lipinski definition) is 1. The molecule has 2 heterocycles. The standard InChI is InChI=1S/C13H20N2O6/c1-2-20-11(16)7-15-10(8-21-13(15)18)12(17)14-9-3-5-19-6-4-9/h9-10H,2-8H2,1H3,(H,14,17)/t10-/m0/s1. The third-order valence-corrected chi connectivity index (χ3v) is 3.45. The predicted molar refractivity (Wildman–Crippen MR) is 70.5 cm³/mol. The first-order valence-electron chi connectivity index (χ1n) is 7.09. The summed E-state index contributed by atoms with van der Waals surface area (Å²) in [4.78, 5) is 36.4. The molecule has 21 heavy (non-hydrogen) atoms. The molecule has 0 unspecified atom stereocenters. The molecule has 2 rings (SSSR count). The van der Waals surface area contributed by atoms with E-state index in [0.717, 1.165) is 17.7 Å². The molecule has 2 saturated heterocycles. The summed E-state index contributed by atoms with van der Waals surface area (Å²) < 4.78 is 14.9. The fraction of sp³-hybridized carbons (Fsp3) is 0.769. The molecule has 0 saturated carbocycles. The molecule has 0 spiro atoms. The monoisotopic (exact) mass is 300 g/mol. The van der Waals surface area contributed by atoms with Crippen LogP contribution in [0.2, 0.25) is 0 Å². The lowest BCUT2D eigenvalue weighted by Crippen LogP contribution is -2.51. The minimum atomic E-state index is -0.787. The topological polar surface area (TPSA) is 94.2 Å². The van der Waals surface area contributed by atoms with Crippen molar-refractivity contribution in [3.63, 3.8) is 0 Å². The van der Waals surface area contributed by atoms with Crippen LogP contribution in [0.1, 0.15) is 19.8 Å². The molecular formula is C13H20N2O6. The van der Waals surface area contributed by atoms with Crippen LogP contribution in [0.5, 0.6) is 0 Å². The van der Waals surface area contributed by atoms with Crippen molar-refractivity contribution in [1.29, 1.82) is 0 Å². The number of nitrogens with zero attached hydrogens (tertiary/aromatic N) is 1. The Morgan fingerprint density at radius 1 is 1.38 bits per heavy atom. The fourth-order valence-electron chi connectivity index (χ4n) is 2.33. The second-order valence-corrected chi connectivity index (χ2v) is 4.92. The largest absolute Gasteiger partial charge is 0.465 e. The summed E-state index contributed by atoms with van der Waals surface area (Å²) >= 11 is 0. The summed E-state index contributed by atoms with van der Waals surface area (Å²) in [5.41, 5.74) is 0. The van der Waals surface area contributed by atoms with Gasteiger partial charge in [-0.15, -0.1) is 0 Å². The summed E-state index contributed by atoms with van der Waals surface area (Å²) in [6, 6.07) is -0.754. The van der Waals surface area contributed by atoms with Gasteiger partial charge in [-0.25, -0.2) is 4.79 Å². The molecule has 2 aliphatic rings. The minimum absolute atomic E-state index is 0.0337. The highest BCUT2D eigenvalue weighted by atomic mass is 16.6. The van der Waals surface area contributed by atoms with E-state index in [4.69, 9.17) is 14.2 Å². The highest BCUT2D eigenvalue weighted by Gasteiger charge is 2.40. The third kappa shape index (κ3) is 4.07. The van der Waals surface area contributed by atoms with E-state index in [1.165, 1.54) is 0 Å². The van der Waals surface area contributed by atoms with Crippen LogP contribution < -0.4 is 5.32 Å². The minimum Gasteiger partial charge on any atom is -0.465 e. The van der Waals surface area contributed by atoms with E-state index in [1.54, 1.807) is 6.92 Å². The first kappa shape index (κ1) is 15.6. The van der Waals surface area contributed by atoms with Crippen LogP contribution in [-0.4, -0.2) is 67.9 Å². The Kier molecular flexibility index (Phi) is 5.38. The predicted octanol–water partition coefficient (Wildman–Crippen LogP) is -0.334. The van der Waals surface area contributed by atoms with Crippen molar-refractivity contribution in [3.05, 3.63) is 0 Å². The summed E-state index contributed by atoms with van der Waals surface area (Å²) in [7, 11) is 0. The summed E-state index contributed by atoms with van der Waals surface area (Å²) in [5.74, 6) is -0.864. The van der Waals surface area contributed by atoms with Gasteiger partial charge in [0.05, 0.1) is 6.61 Å². The van der Waals surface area contributed by atoms with E-state index >= 15 is 0 Å². The molecule has 2 aliphatic heterocycles. The smallest absolute Gasteiger partial charge is 0.411 e. The summed E-state index contributed by atoms with van der Waals surface area (Å²) in [6.45, 7) is 2.79. The van der Waals surface area contributed by atoms with Gasteiger partial charge in [0.2, 0.25) is 5.91 Å². The van der Waals surface area contributed by atoms with Crippen molar-refractivity contribution < 1.29 is 28.6 Å². The zero-order valence-electron chi connectivity index (χ0n) is 12.0. The van der Waals surface area contributed by atoms with Crippen LogP contribution in [0.15, 0.2) is 0 Å². The number of hydrogen-bond acceptors (Lipinski definition) is 6. The highest BCUT2D eigenvalue weighted by Crippen LogP contribution is 2.14. The normalized spacial score (nSPS) is 22.8. The summed E-state index contributed by atoms with van der Waals surface area (Å²) in [6.07, 6.45) is 0.811. The number of nitrogens with one attached hydrogen (secondary N) is 1. The first-order chi connectivity index (χ1) is 10.1. The molecule has 0 aromatic rings. The Bertz CT molecular complexity index is 407. The average molecular weight is 300 g/mol. The molecule has 8 heteroatoms. The van der Waals surface area contributed by atoms with E-state index in [1.807, 2.05) is 0 Å². The van der Waals surface area contributed by atoms with Crippen LogP contribution in [0.25, 0.3) is 0 Å². The number of carbonyl (C=O) groups excluding carboxylic acids is 3. The molecule has 8 nitrogen and oxygen atoms in total. The van der Waals surface area contributed by atoms with E-state index in [2.05, 4.69) is 5.32 Å². The van der Waals surface area contributed by atoms with Crippen molar-refractivity contribution >= 4 is 18.0 Å². The van der Waals surface area contributed by atoms with Gasteiger partial charge in [0.15, 0.2) is 0 Å². The Balaban J connectivity index is 1.91. The van der Waals surface area contributed by atoms with Gasteiger partial charge in [0, 0.05) is 19.3 Å². The van der Waals surface area contributed by atoms with E-state index in [0.29, 0.717) is 13.2 Å². The number of amides is 2. The van der Waals surface area contributed by atoms with Crippen molar-refractivity contribution in [3.8, 4) is 0 Å². The number of rotatable bonds is 5. The second-order valence-electron chi connectivity index (χ2n) is 4.92.